The van der Waals surface area contributed by atoms with E-state index in [1.54, 1.807) is 48.0 Å². The van der Waals surface area contributed by atoms with E-state index in [0.29, 0.717) is 23.0 Å². The maximum Gasteiger partial charge on any atom is 0.255 e. The molecular weight excluding hydrogens is 326 g/mol. The van der Waals surface area contributed by atoms with Crippen molar-refractivity contribution in [2.75, 3.05) is 12.9 Å². The van der Waals surface area contributed by atoms with Crippen LogP contribution >= 0.6 is 11.8 Å². The first kappa shape index (κ1) is 17.1. The van der Waals surface area contributed by atoms with Crippen LogP contribution in [0.4, 0.5) is 0 Å². The van der Waals surface area contributed by atoms with Gasteiger partial charge in [0.2, 0.25) is 0 Å². The van der Waals surface area contributed by atoms with E-state index < -0.39 is 12.0 Å². The summed E-state index contributed by atoms with van der Waals surface area (Å²) in [6, 6.07) is 6.03. The van der Waals surface area contributed by atoms with Crippen molar-refractivity contribution in [1.82, 2.24) is 4.90 Å². The minimum Gasteiger partial charge on any atom is -0.548 e. The average molecular weight is 348 g/mol. The highest BCUT2D eigenvalue weighted by Gasteiger charge is 2.42. The second kappa shape index (κ2) is 7.47. The lowest BCUT2D eigenvalue weighted by Crippen LogP contribution is -2.52. The number of nitrogens with zero attached hydrogens (tertiary/aromatic N) is 1. The molecule has 130 valence electrons. The average Bonchev–Trinajstić information content (AvgIpc) is 3.07. The van der Waals surface area contributed by atoms with Crippen molar-refractivity contribution in [2.24, 2.45) is 5.92 Å². The van der Waals surface area contributed by atoms with E-state index in [-0.39, 0.29) is 11.3 Å². The molecule has 2 atom stereocenters. The number of methoxy groups -OCH3 is 1. The number of carbonyl (C=O) groups is 2. The van der Waals surface area contributed by atoms with E-state index in [0.717, 1.165) is 25.7 Å². The standard InChI is InChI=1S/C18H23NO4S/c1-23-14-9-5-8-13(10-14)16(20)19-15(18(21)22)11-24-17(19)12-6-3-2-4-7-12/h5,8-10,12,15,17H,2-4,6-7,11H2,1H3,(H,21,22)/p-1/t15-,17+/m0/s1. The molecule has 1 aliphatic heterocycles. The van der Waals surface area contributed by atoms with E-state index in [1.165, 1.54) is 6.42 Å². The van der Waals surface area contributed by atoms with Crippen LogP contribution in [0, 0.1) is 5.92 Å². The Kier molecular flexibility index (Phi) is 5.33. The van der Waals surface area contributed by atoms with Gasteiger partial charge in [0.1, 0.15) is 5.75 Å². The quantitative estimate of drug-likeness (QED) is 0.831. The predicted molar refractivity (Wildman–Crippen MR) is 90.8 cm³/mol. The van der Waals surface area contributed by atoms with Gasteiger partial charge in [0.05, 0.1) is 24.5 Å². The van der Waals surface area contributed by atoms with E-state index in [9.17, 15) is 14.7 Å². The molecule has 0 bridgehead atoms. The lowest BCUT2D eigenvalue weighted by atomic mass is 9.88. The highest BCUT2D eigenvalue weighted by atomic mass is 32.2. The van der Waals surface area contributed by atoms with Crippen LogP contribution in [0.15, 0.2) is 24.3 Å². The van der Waals surface area contributed by atoms with Crippen LogP contribution < -0.4 is 9.84 Å². The third kappa shape index (κ3) is 3.38. The van der Waals surface area contributed by atoms with Crippen molar-refractivity contribution >= 4 is 23.6 Å². The molecule has 2 aliphatic rings. The highest BCUT2D eigenvalue weighted by Crippen LogP contribution is 2.41. The Morgan fingerprint density at radius 3 is 2.67 bits per heavy atom. The van der Waals surface area contributed by atoms with Crippen molar-refractivity contribution in [3.63, 3.8) is 0 Å². The van der Waals surface area contributed by atoms with Crippen LogP contribution in [0.5, 0.6) is 5.75 Å². The zero-order valence-corrected chi connectivity index (χ0v) is 14.6. The maximum absolute atomic E-state index is 13.0. The summed E-state index contributed by atoms with van der Waals surface area (Å²) in [6.07, 6.45) is 5.64. The van der Waals surface area contributed by atoms with Gasteiger partial charge < -0.3 is 19.5 Å². The van der Waals surface area contributed by atoms with Crippen molar-refractivity contribution in [2.45, 2.75) is 43.5 Å². The summed E-state index contributed by atoms with van der Waals surface area (Å²) in [5.41, 5.74) is 0.462. The second-order valence-electron chi connectivity index (χ2n) is 6.40. The van der Waals surface area contributed by atoms with Gasteiger partial charge in [-0.05, 0) is 37.0 Å². The van der Waals surface area contributed by atoms with Gasteiger partial charge in [-0.3, -0.25) is 4.79 Å². The summed E-state index contributed by atoms with van der Waals surface area (Å²) in [7, 11) is 1.55. The number of aliphatic carboxylic acids is 1. The Morgan fingerprint density at radius 2 is 2.00 bits per heavy atom. The summed E-state index contributed by atoms with van der Waals surface area (Å²) in [6.45, 7) is 0. The monoisotopic (exact) mass is 348 g/mol. The molecule has 1 aromatic rings. The molecule has 1 amide bonds. The molecule has 1 aromatic carbocycles. The molecule has 6 heteroatoms. The van der Waals surface area contributed by atoms with E-state index in [1.807, 2.05) is 0 Å². The third-order valence-electron chi connectivity index (χ3n) is 4.91. The van der Waals surface area contributed by atoms with Crippen molar-refractivity contribution in [1.29, 1.82) is 0 Å². The van der Waals surface area contributed by atoms with E-state index in [4.69, 9.17) is 4.74 Å². The summed E-state index contributed by atoms with van der Waals surface area (Å²) < 4.78 is 5.18. The third-order valence-corrected chi connectivity index (χ3v) is 6.37. The zero-order valence-electron chi connectivity index (χ0n) is 13.8. The Hall–Kier alpha value is -1.69. The number of hydrogen-bond acceptors (Lipinski definition) is 5. The molecule has 3 rings (SSSR count). The van der Waals surface area contributed by atoms with Crippen LogP contribution in [0.3, 0.4) is 0 Å². The molecule has 0 unspecified atom stereocenters. The molecule has 0 aromatic heterocycles. The highest BCUT2D eigenvalue weighted by molar-refractivity contribution is 8.00. The number of benzene rings is 1. The maximum atomic E-state index is 13.0. The number of carboxylic acid groups (broad SMARTS) is 1. The first-order chi connectivity index (χ1) is 11.6. The molecule has 5 nitrogen and oxygen atoms in total. The topological polar surface area (TPSA) is 69.7 Å². The van der Waals surface area contributed by atoms with Gasteiger partial charge in [-0.2, -0.15) is 0 Å². The summed E-state index contributed by atoms with van der Waals surface area (Å²) >= 11 is 1.58. The number of ether oxygens (including phenoxy) is 1. The summed E-state index contributed by atoms with van der Waals surface area (Å²) in [5, 5.41) is 11.5. The number of hydrogen-bond donors (Lipinski definition) is 0. The van der Waals surface area contributed by atoms with Gasteiger partial charge in [-0.25, -0.2) is 0 Å². The first-order valence-corrected chi connectivity index (χ1v) is 9.46. The first-order valence-electron chi connectivity index (χ1n) is 8.41. The fourth-order valence-electron chi connectivity index (χ4n) is 3.65. The van der Waals surface area contributed by atoms with Gasteiger partial charge in [0.25, 0.3) is 5.91 Å². The Balaban J connectivity index is 1.88. The van der Waals surface area contributed by atoms with Crippen LogP contribution in [0.25, 0.3) is 0 Å². The van der Waals surface area contributed by atoms with Gasteiger partial charge >= 0.3 is 0 Å². The van der Waals surface area contributed by atoms with Gasteiger partial charge in [0.15, 0.2) is 0 Å². The smallest absolute Gasteiger partial charge is 0.255 e. The number of thioether (sulfide) groups is 1. The van der Waals surface area contributed by atoms with Crippen LogP contribution in [0.1, 0.15) is 42.5 Å². The minimum absolute atomic E-state index is 0.0769. The van der Waals surface area contributed by atoms with Gasteiger partial charge in [-0.1, -0.05) is 25.3 Å². The van der Waals surface area contributed by atoms with Gasteiger partial charge in [0, 0.05) is 11.3 Å². The van der Waals surface area contributed by atoms with Crippen molar-refractivity contribution in [3.8, 4) is 5.75 Å². The minimum atomic E-state index is -1.17. The second-order valence-corrected chi connectivity index (χ2v) is 7.55. The predicted octanol–water partition coefficient (Wildman–Crippen LogP) is 1.91. The zero-order chi connectivity index (χ0) is 17.1. The summed E-state index contributed by atoms with van der Waals surface area (Å²) in [5.74, 6) is -0.0607. The number of carboxylic acids is 1. The Bertz CT molecular complexity index is 615. The molecule has 2 fully saturated rings. The molecule has 0 spiro atoms. The molecule has 1 saturated carbocycles. The fourth-order valence-corrected chi connectivity index (χ4v) is 5.28. The van der Waals surface area contributed by atoms with Crippen LogP contribution in [-0.2, 0) is 4.79 Å². The number of carbonyl (C=O) groups excluding carboxylic acids is 2. The molecule has 0 radical (unpaired) electrons. The van der Waals surface area contributed by atoms with E-state index >= 15 is 0 Å². The fraction of sp³-hybridized carbons (Fsp3) is 0.556. The summed E-state index contributed by atoms with van der Waals surface area (Å²) in [4.78, 5) is 26.2. The van der Waals surface area contributed by atoms with Gasteiger partial charge in [-0.15, -0.1) is 11.8 Å². The van der Waals surface area contributed by atoms with Crippen molar-refractivity contribution < 1.29 is 19.4 Å². The van der Waals surface area contributed by atoms with E-state index in [2.05, 4.69) is 0 Å². The molecule has 1 aliphatic carbocycles. The van der Waals surface area contributed by atoms with Crippen LogP contribution in [-0.4, -0.2) is 41.1 Å². The molecule has 0 N–H and O–H groups in total. The Morgan fingerprint density at radius 1 is 1.25 bits per heavy atom. The Labute approximate surface area is 146 Å². The van der Waals surface area contributed by atoms with Crippen molar-refractivity contribution in [3.05, 3.63) is 29.8 Å². The normalized spacial score (nSPS) is 24.8. The lowest BCUT2D eigenvalue weighted by Gasteiger charge is -2.36. The van der Waals surface area contributed by atoms with Crippen LogP contribution in [0.2, 0.25) is 0 Å². The lowest BCUT2D eigenvalue weighted by molar-refractivity contribution is -0.310. The molecule has 1 heterocycles. The molecular formula is C18H22NO4S-. The molecule has 1 saturated heterocycles. The SMILES string of the molecule is COc1cccc(C(=O)N2[C@@H](C3CCCCC3)SC[C@H]2C(=O)[O-])c1. The number of rotatable bonds is 4. The molecule has 24 heavy (non-hydrogen) atoms. The number of amides is 1. The largest absolute Gasteiger partial charge is 0.548 e.